The number of alkyl halides is 3. The third-order valence-electron chi connectivity index (χ3n) is 9.18. The van der Waals surface area contributed by atoms with E-state index in [1.807, 2.05) is 24.4 Å². The van der Waals surface area contributed by atoms with Crippen LogP contribution in [0.15, 0.2) is 54.6 Å². The molecular weight excluding hydrogens is 691 g/mol. The normalized spacial score (nSPS) is 16.3. The highest BCUT2D eigenvalue weighted by Gasteiger charge is 2.34. The summed E-state index contributed by atoms with van der Waals surface area (Å²) in [5.41, 5.74) is 4.12. The van der Waals surface area contributed by atoms with Crippen molar-refractivity contribution in [2.45, 2.75) is 38.7 Å². The molecule has 2 aliphatic heterocycles. The second-order valence-electron chi connectivity index (χ2n) is 12.4. The predicted molar refractivity (Wildman–Crippen MR) is 182 cm³/mol. The lowest BCUT2D eigenvalue weighted by molar-refractivity contribution is -0.147. The molecule has 2 aliphatic rings. The number of hydrogen-bond acceptors (Lipinski definition) is 8. The topological polar surface area (TPSA) is 85.6 Å². The molecule has 0 spiro atoms. The van der Waals surface area contributed by atoms with Crippen LogP contribution in [-0.2, 0) is 29.0 Å². The van der Waals surface area contributed by atoms with Crippen LogP contribution in [0.25, 0.3) is 43.9 Å². The maximum absolute atomic E-state index is 16.1. The summed E-state index contributed by atoms with van der Waals surface area (Å²) >= 11 is 1.32. The molecule has 7 rings (SSSR count). The van der Waals surface area contributed by atoms with E-state index in [2.05, 4.69) is 11.6 Å². The SMILES string of the molecule is C=CC(=O)N1CCn2nc(-c3nc(-c4cnc5c(c4)CN(CC(F)(F)F)CC5)c4ccsc4c3-c3c(F)cc(F)cc3OCCOC)cc2C1C. The van der Waals surface area contributed by atoms with Gasteiger partial charge in [-0.25, -0.2) is 13.8 Å². The smallest absolute Gasteiger partial charge is 0.401 e. The van der Waals surface area contributed by atoms with Gasteiger partial charge in [-0.2, -0.15) is 18.3 Å². The molecule has 1 amide bonds. The summed E-state index contributed by atoms with van der Waals surface area (Å²) in [5, 5.41) is 7.34. The molecular formula is C36H33F5N6O3S. The second-order valence-corrected chi connectivity index (χ2v) is 13.4. The van der Waals surface area contributed by atoms with Gasteiger partial charge in [0.2, 0.25) is 5.91 Å². The van der Waals surface area contributed by atoms with Gasteiger partial charge in [0.1, 0.15) is 35.4 Å². The van der Waals surface area contributed by atoms with Crippen molar-refractivity contribution in [1.29, 1.82) is 0 Å². The molecule has 1 aromatic carbocycles. The van der Waals surface area contributed by atoms with Crippen molar-refractivity contribution in [2.24, 2.45) is 0 Å². The number of methoxy groups -OCH3 is 1. The number of amides is 1. The number of thiophene rings is 1. The number of rotatable bonds is 9. The summed E-state index contributed by atoms with van der Waals surface area (Å²) in [6.07, 6.45) is -1.05. The highest BCUT2D eigenvalue weighted by molar-refractivity contribution is 7.18. The van der Waals surface area contributed by atoms with Crippen LogP contribution < -0.4 is 4.74 Å². The number of benzene rings is 1. The average Bonchev–Trinajstić information content (AvgIpc) is 3.75. The average molecular weight is 725 g/mol. The van der Waals surface area contributed by atoms with E-state index >= 15 is 4.39 Å². The molecule has 9 nitrogen and oxygen atoms in total. The number of nitrogens with zero attached hydrogens (tertiary/aromatic N) is 6. The van der Waals surface area contributed by atoms with E-state index in [-0.39, 0.29) is 55.3 Å². The molecule has 266 valence electrons. The van der Waals surface area contributed by atoms with E-state index in [0.717, 1.165) is 23.5 Å². The van der Waals surface area contributed by atoms with Gasteiger partial charge < -0.3 is 14.4 Å². The first-order chi connectivity index (χ1) is 24.5. The van der Waals surface area contributed by atoms with Crippen molar-refractivity contribution >= 4 is 27.3 Å². The van der Waals surface area contributed by atoms with Crippen LogP contribution in [-0.4, -0.2) is 81.6 Å². The van der Waals surface area contributed by atoms with E-state index in [0.29, 0.717) is 57.7 Å². The highest BCUT2D eigenvalue weighted by atomic mass is 32.1. The van der Waals surface area contributed by atoms with Crippen LogP contribution in [0.5, 0.6) is 5.75 Å². The monoisotopic (exact) mass is 724 g/mol. The molecule has 0 radical (unpaired) electrons. The quantitative estimate of drug-likeness (QED) is 0.0904. The molecule has 0 saturated carbocycles. The van der Waals surface area contributed by atoms with Crippen molar-refractivity contribution < 1.29 is 36.2 Å². The second kappa shape index (κ2) is 13.8. The van der Waals surface area contributed by atoms with E-state index in [1.54, 1.807) is 21.8 Å². The number of hydrogen-bond donors (Lipinski definition) is 0. The first-order valence-corrected chi connectivity index (χ1v) is 17.1. The lowest BCUT2D eigenvalue weighted by Crippen LogP contribution is -2.40. The Balaban J connectivity index is 1.44. The molecule has 0 bridgehead atoms. The number of fused-ring (bicyclic) bond motifs is 3. The fourth-order valence-corrected chi connectivity index (χ4v) is 7.79. The Labute approximate surface area is 293 Å². The number of halogens is 5. The standard InChI is InChI=1S/C36H33F5N6O3S/c1-4-30(48)46-8-9-47-28(20(46)2)16-27(44-47)34-32(31-25(38)14-23(37)15-29(31)50-11-10-49-3)35-24(6-12-51-35)33(43-34)21-13-22-18-45(19-36(39,40)41)7-5-26(22)42-17-21/h4,6,12-17,20H,1,5,7-11,18-19H2,2-3H3. The van der Waals surface area contributed by atoms with Crippen LogP contribution >= 0.6 is 11.3 Å². The zero-order valence-electron chi connectivity index (χ0n) is 27.8. The van der Waals surface area contributed by atoms with E-state index in [9.17, 15) is 22.4 Å². The Morgan fingerprint density at radius 1 is 1.10 bits per heavy atom. The van der Waals surface area contributed by atoms with Gasteiger partial charge in [-0.1, -0.05) is 6.58 Å². The van der Waals surface area contributed by atoms with Gasteiger partial charge in [0, 0.05) is 78.4 Å². The van der Waals surface area contributed by atoms with Crippen LogP contribution in [0.4, 0.5) is 22.0 Å². The summed E-state index contributed by atoms with van der Waals surface area (Å²) in [6.45, 7) is 5.76. The van der Waals surface area contributed by atoms with Crippen molar-refractivity contribution in [3.05, 3.63) is 83.1 Å². The molecule has 6 heterocycles. The zero-order chi connectivity index (χ0) is 36.0. The van der Waals surface area contributed by atoms with Crippen LogP contribution in [0.3, 0.4) is 0 Å². The lowest BCUT2D eigenvalue weighted by Gasteiger charge is -2.33. The maximum Gasteiger partial charge on any atom is 0.401 e. The highest BCUT2D eigenvalue weighted by Crippen LogP contribution is 2.47. The molecule has 0 N–H and O–H groups in total. The zero-order valence-corrected chi connectivity index (χ0v) is 28.6. The van der Waals surface area contributed by atoms with Gasteiger partial charge in [0.25, 0.3) is 0 Å². The molecule has 51 heavy (non-hydrogen) atoms. The first kappa shape index (κ1) is 34.7. The summed E-state index contributed by atoms with van der Waals surface area (Å²) in [5.74, 6) is -1.96. The Morgan fingerprint density at radius 2 is 1.92 bits per heavy atom. The van der Waals surface area contributed by atoms with Gasteiger partial charge in [-0.3, -0.25) is 19.4 Å². The van der Waals surface area contributed by atoms with Crippen molar-refractivity contribution in [3.63, 3.8) is 0 Å². The Hall–Kier alpha value is -4.73. The Bertz CT molecular complexity index is 2150. The number of carbonyl (C=O) groups is 1. The van der Waals surface area contributed by atoms with Gasteiger partial charge >= 0.3 is 6.18 Å². The van der Waals surface area contributed by atoms with Crippen molar-refractivity contribution in [2.75, 3.05) is 40.0 Å². The summed E-state index contributed by atoms with van der Waals surface area (Å²) in [4.78, 5) is 25.4. The number of carbonyl (C=O) groups excluding carboxylic acids is 1. The van der Waals surface area contributed by atoms with Gasteiger partial charge in [0.05, 0.1) is 42.7 Å². The number of pyridine rings is 2. The molecule has 1 atom stereocenters. The molecule has 0 aliphatic carbocycles. The molecule has 4 aromatic heterocycles. The van der Waals surface area contributed by atoms with Gasteiger partial charge in [-0.15, -0.1) is 11.3 Å². The molecule has 1 unspecified atom stereocenters. The van der Waals surface area contributed by atoms with Gasteiger partial charge in [-0.05, 0) is 42.1 Å². The van der Waals surface area contributed by atoms with Crippen molar-refractivity contribution in [1.82, 2.24) is 29.5 Å². The summed E-state index contributed by atoms with van der Waals surface area (Å²) in [7, 11) is 1.49. The Morgan fingerprint density at radius 3 is 2.69 bits per heavy atom. The molecule has 0 fully saturated rings. The number of ether oxygens (including phenoxy) is 2. The fraction of sp³-hybridized carbons (Fsp3) is 0.333. The van der Waals surface area contributed by atoms with Crippen LogP contribution in [0, 0.1) is 11.6 Å². The Kier molecular flexibility index (Phi) is 9.37. The van der Waals surface area contributed by atoms with E-state index in [4.69, 9.17) is 19.6 Å². The summed E-state index contributed by atoms with van der Waals surface area (Å²) < 4.78 is 84.0. The lowest BCUT2D eigenvalue weighted by atomic mass is 9.95. The minimum atomic E-state index is -4.34. The maximum atomic E-state index is 16.1. The summed E-state index contributed by atoms with van der Waals surface area (Å²) in [6, 6.07) is 6.98. The van der Waals surface area contributed by atoms with Gasteiger partial charge in [0.15, 0.2) is 0 Å². The molecule has 15 heteroatoms. The third-order valence-corrected chi connectivity index (χ3v) is 10.1. The molecule has 5 aromatic rings. The first-order valence-electron chi connectivity index (χ1n) is 16.3. The van der Waals surface area contributed by atoms with Crippen LogP contribution in [0.1, 0.15) is 29.9 Å². The minimum absolute atomic E-state index is 0.0113. The van der Waals surface area contributed by atoms with E-state index < -0.39 is 24.4 Å². The number of aromatic nitrogens is 4. The predicted octanol–water partition coefficient (Wildman–Crippen LogP) is 7.20. The minimum Gasteiger partial charge on any atom is -0.490 e. The van der Waals surface area contributed by atoms with Crippen molar-refractivity contribution in [3.8, 4) is 39.5 Å². The largest absolute Gasteiger partial charge is 0.490 e. The third kappa shape index (κ3) is 6.72. The van der Waals surface area contributed by atoms with Crippen LogP contribution in [0.2, 0.25) is 0 Å². The fourth-order valence-electron chi connectivity index (χ4n) is 6.84. The van der Waals surface area contributed by atoms with E-state index in [1.165, 1.54) is 29.4 Å². The molecule has 0 saturated heterocycles.